The smallest absolute Gasteiger partial charge is 0.241 e. The van der Waals surface area contributed by atoms with Crippen molar-refractivity contribution in [2.45, 2.75) is 19.5 Å². The van der Waals surface area contributed by atoms with Crippen LogP contribution in [-0.2, 0) is 19.5 Å². The molecule has 0 atom stereocenters. The molecule has 2 heterocycles. The van der Waals surface area contributed by atoms with Gasteiger partial charge in [-0.15, -0.1) is 0 Å². The maximum absolute atomic E-state index is 5.47. The highest BCUT2D eigenvalue weighted by Crippen LogP contribution is 2.33. The van der Waals surface area contributed by atoms with Crippen molar-refractivity contribution >= 4 is 15.9 Å². The molecule has 1 aromatic heterocycles. The first-order valence-corrected chi connectivity index (χ1v) is 9.50. The molecule has 1 aliphatic heterocycles. The highest BCUT2D eigenvalue weighted by molar-refractivity contribution is 9.10. The van der Waals surface area contributed by atoms with Crippen molar-refractivity contribution in [3.63, 3.8) is 0 Å². The predicted molar refractivity (Wildman–Crippen MR) is 105 cm³/mol. The Morgan fingerprint density at radius 1 is 1.11 bits per heavy atom. The number of rotatable bonds is 5. The molecule has 0 N–H and O–H groups in total. The Hall–Kier alpha value is -2.38. The standard InChI is InChI=1S/C20H20BrN3O3/c1-25-17-9-13-6-7-24(11-15(13)10-18(17)26-2)12-19-22-20(23-27-19)14-4-3-5-16(21)8-14/h3-5,8-10H,6-7,11-12H2,1-2H3. The van der Waals surface area contributed by atoms with E-state index in [1.54, 1.807) is 14.2 Å². The number of fused-ring (bicyclic) bond motifs is 1. The van der Waals surface area contributed by atoms with Crippen LogP contribution in [0.5, 0.6) is 11.5 Å². The van der Waals surface area contributed by atoms with Gasteiger partial charge in [0, 0.05) is 23.1 Å². The Balaban J connectivity index is 1.49. The maximum Gasteiger partial charge on any atom is 0.241 e. The minimum Gasteiger partial charge on any atom is -0.493 e. The molecule has 0 saturated carbocycles. The molecule has 3 aromatic rings. The molecule has 6 nitrogen and oxygen atoms in total. The van der Waals surface area contributed by atoms with E-state index in [4.69, 9.17) is 14.0 Å². The van der Waals surface area contributed by atoms with E-state index in [-0.39, 0.29) is 0 Å². The molecule has 0 saturated heterocycles. The second-order valence-electron chi connectivity index (χ2n) is 6.46. The lowest BCUT2D eigenvalue weighted by atomic mass is 9.99. The molecule has 0 unspecified atom stereocenters. The van der Waals surface area contributed by atoms with Gasteiger partial charge in [0.15, 0.2) is 11.5 Å². The van der Waals surface area contributed by atoms with Crippen LogP contribution in [0.3, 0.4) is 0 Å². The van der Waals surface area contributed by atoms with Crippen molar-refractivity contribution in [1.29, 1.82) is 0 Å². The number of halogens is 1. The molecule has 140 valence electrons. The number of aromatic nitrogens is 2. The zero-order valence-corrected chi connectivity index (χ0v) is 16.8. The van der Waals surface area contributed by atoms with Gasteiger partial charge in [-0.3, -0.25) is 4.90 Å². The Morgan fingerprint density at radius 3 is 2.63 bits per heavy atom. The second kappa shape index (κ2) is 7.70. The van der Waals surface area contributed by atoms with Gasteiger partial charge < -0.3 is 14.0 Å². The fourth-order valence-electron chi connectivity index (χ4n) is 3.33. The van der Waals surface area contributed by atoms with Gasteiger partial charge in [0.2, 0.25) is 11.7 Å². The van der Waals surface area contributed by atoms with E-state index in [2.05, 4.69) is 43.1 Å². The fraction of sp³-hybridized carbons (Fsp3) is 0.300. The largest absolute Gasteiger partial charge is 0.493 e. The molecule has 0 radical (unpaired) electrons. The lowest BCUT2D eigenvalue weighted by Crippen LogP contribution is -2.30. The molecule has 0 fully saturated rings. The number of hydrogen-bond donors (Lipinski definition) is 0. The number of methoxy groups -OCH3 is 2. The number of hydrogen-bond acceptors (Lipinski definition) is 6. The second-order valence-corrected chi connectivity index (χ2v) is 7.37. The van der Waals surface area contributed by atoms with Gasteiger partial charge in [-0.25, -0.2) is 0 Å². The summed E-state index contributed by atoms with van der Waals surface area (Å²) in [6.45, 7) is 2.36. The van der Waals surface area contributed by atoms with Crippen LogP contribution < -0.4 is 9.47 Å². The first kappa shape index (κ1) is 18.0. The quantitative estimate of drug-likeness (QED) is 0.608. The van der Waals surface area contributed by atoms with E-state index < -0.39 is 0 Å². The van der Waals surface area contributed by atoms with Crippen LogP contribution in [-0.4, -0.2) is 35.8 Å². The predicted octanol–water partition coefficient (Wildman–Crippen LogP) is 4.07. The van der Waals surface area contributed by atoms with Crippen LogP contribution in [0.1, 0.15) is 17.0 Å². The molecular weight excluding hydrogens is 410 g/mol. The Kier molecular flexibility index (Phi) is 5.13. The molecule has 0 bridgehead atoms. The SMILES string of the molecule is COc1cc2c(cc1OC)CN(Cc1nc(-c3cccc(Br)c3)no1)CC2. The summed E-state index contributed by atoms with van der Waals surface area (Å²) < 4.78 is 17.3. The molecule has 0 spiro atoms. The normalized spacial score (nSPS) is 14.0. The summed E-state index contributed by atoms with van der Waals surface area (Å²) in [5, 5.41) is 4.12. The highest BCUT2D eigenvalue weighted by Gasteiger charge is 2.21. The van der Waals surface area contributed by atoms with Gasteiger partial charge in [0.05, 0.1) is 20.8 Å². The number of ether oxygens (including phenoxy) is 2. The molecule has 0 amide bonds. The van der Waals surface area contributed by atoms with Crippen molar-refractivity contribution < 1.29 is 14.0 Å². The molecular formula is C20H20BrN3O3. The first-order chi connectivity index (χ1) is 13.2. The third-order valence-electron chi connectivity index (χ3n) is 4.71. The lowest BCUT2D eigenvalue weighted by Gasteiger charge is -2.28. The third kappa shape index (κ3) is 3.84. The van der Waals surface area contributed by atoms with Gasteiger partial charge in [-0.05, 0) is 41.8 Å². The van der Waals surface area contributed by atoms with Gasteiger partial charge in [-0.2, -0.15) is 4.98 Å². The van der Waals surface area contributed by atoms with Crippen LogP contribution >= 0.6 is 15.9 Å². The van der Waals surface area contributed by atoms with Crippen molar-refractivity contribution in [3.05, 3.63) is 57.9 Å². The van der Waals surface area contributed by atoms with E-state index in [9.17, 15) is 0 Å². The minimum absolute atomic E-state index is 0.607. The van der Waals surface area contributed by atoms with Gasteiger partial charge >= 0.3 is 0 Å². The van der Waals surface area contributed by atoms with Crippen LogP contribution in [0.15, 0.2) is 45.4 Å². The zero-order chi connectivity index (χ0) is 18.8. The average molecular weight is 430 g/mol. The van der Waals surface area contributed by atoms with Gasteiger partial charge in [-0.1, -0.05) is 33.2 Å². The summed E-state index contributed by atoms with van der Waals surface area (Å²) in [5.74, 6) is 2.76. The fourth-order valence-corrected chi connectivity index (χ4v) is 3.73. The third-order valence-corrected chi connectivity index (χ3v) is 5.20. The zero-order valence-electron chi connectivity index (χ0n) is 15.2. The summed E-state index contributed by atoms with van der Waals surface area (Å²) in [6, 6.07) is 12.0. The summed E-state index contributed by atoms with van der Waals surface area (Å²) in [4.78, 5) is 6.85. The Labute approximate surface area is 166 Å². The van der Waals surface area contributed by atoms with Crippen LogP contribution in [0.2, 0.25) is 0 Å². The summed E-state index contributed by atoms with van der Waals surface area (Å²) >= 11 is 3.47. The van der Waals surface area contributed by atoms with Crippen molar-refractivity contribution in [3.8, 4) is 22.9 Å². The lowest BCUT2D eigenvalue weighted by molar-refractivity contribution is 0.210. The van der Waals surface area contributed by atoms with E-state index in [0.717, 1.165) is 41.0 Å². The highest BCUT2D eigenvalue weighted by atomic mass is 79.9. The van der Waals surface area contributed by atoms with E-state index >= 15 is 0 Å². The Bertz CT molecular complexity index is 957. The molecule has 2 aromatic carbocycles. The topological polar surface area (TPSA) is 60.6 Å². The van der Waals surface area contributed by atoms with Crippen molar-refractivity contribution in [2.24, 2.45) is 0 Å². The average Bonchev–Trinajstić information content (AvgIpc) is 3.15. The van der Waals surface area contributed by atoms with Crippen molar-refractivity contribution in [1.82, 2.24) is 15.0 Å². The number of benzene rings is 2. The maximum atomic E-state index is 5.47. The first-order valence-electron chi connectivity index (χ1n) is 8.71. The molecule has 0 aliphatic carbocycles. The van der Waals surface area contributed by atoms with E-state index in [1.165, 1.54) is 11.1 Å². The monoisotopic (exact) mass is 429 g/mol. The number of nitrogens with zero attached hydrogens (tertiary/aromatic N) is 3. The molecule has 1 aliphatic rings. The molecule has 27 heavy (non-hydrogen) atoms. The van der Waals surface area contributed by atoms with Crippen molar-refractivity contribution in [2.75, 3.05) is 20.8 Å². The van der Waals surface area contributed by atoms with E-state index in [0.29, 0.717) is 18.3 Å². The minimum atomic E-state index is 0.607. The Morgan fingerprint density at radius 2 is 1.89 bits per heavy atom. The van der Waals surface area contributed by atoms with Crippen LogP contribution in [0.4, 0.5) is 0 Å². The summed E-state index contributed by atoms with van der Waals surface area (Å²) in [7, 11) is 3.32. The summed E-state index contributed by atoms with van der Waals surface area (Å²) in [6.07, 6.45) is 0.947. The van der Waals surface area contributed by atoms with Gasteiger partial charge in [0.1, 0.15) is 0 Å². The summed E-state index contributed by atoms with van der Waals surface area (Å²) in [5.41, 5.74) is 3.47. The van der Waals surface area contributed by atoms with E-state index in [1.807, 2.05) is 24.3 Å². The van der Waals surface area contributed by atoms with Crippen LogP contribution in [0.25, 0.3) is 11.4 Å². The van der Waals surface area contributed by atoms with Gasteiger partial charge in [0.25, 0.3) is 0 Å². The van der Waals surface area contributed by atoms with Crippen LogP contribution in [0, 0.1) is 0 Å². The molecule has 7 heteroatoms. The molecule has 4 rings (SSSR count).